The number of esters is 1. The largest absolute Gasteiger partial charge is 0.467 e. The maximum Gasteiger partial charge on any atom is 0.337 e. The normalized spacial score (nSPS) is 10.9. The maximum atomic E-state index is 13.5. The number of ether oxygens (including phenoxy) is 1. The van der Waals surface area contributed by atoms with Gasteiger partial charge in [-0.05, 0) is 42.8 Å². The third-order valence-corrected chi connectivity index (χ3v) is 5.13. The lowest BCUT2D eigenvalue weighted by Crippen LogP contribution is -2.33. The molecule has 0 saturated carbocycles. The Hall–Kier alpha value is -3.87. The number of furan rings is 1. The molecule has 0 N–H and O–H groups in total. The first-order valence-corrected chi connectivity index (χ1v) is 10.0. The van der Waals surface area contributed by atoms with Crippen LogP contribution in [0.1, 0.15) is 28.6 Å². The number of nitrogens with zero attached hydrogens (tertiary/aromatic N) is 3. The average Bonchev–Trinajstić information content (AvgIpc) is 3.32. The van der Waals surface area contributed by atoms with Gasteiger partial charge in [0, 0.05) is 6.54 Å². The van der Waals surface area contributed by atoms with E-state index in [1.54, 1.807) is 29.0 Å². The molecule has 2 heterocycles. The molecular formula is C24H23N3O4. The van der Waals surface area contributed by atoms with E-state index in [4.69, 9.17) is 14.1 Å². The minimum Gasteiger partial charge on any atom is -0.467 e. The Morgan fingerprint density at radius 1 is 1.13 bits per heavy atom. The van der Waals surface area contributed by atoms with Crippen molar-refractivity contribution in [1.29, 1.82) is 0 Å². The van der Waals surface area contributed by atoms with E-state index >= 15 is 0 Å². The van der Waals surface area contributed by atoms with Crippen LogP contribution in [0.4, 0.5) is 5.95 Å². The second kappa shape index (κ2) is 8.87. The Kier molecular flexibility index (Phi) is 5.84. The Labute approximate surface area is 179 Å². The summed E-state index contributed by atoms with van der Waals surface area (Å²) in [7, 11) is 1.32. The molecule has 4 rings (SSSR count). The van der Waals surface area contributed by atoms with E-state index < -0.39 is 5.97 Å². The van der Waals surface area contributed by atoms with Crippen LogP contribution in [0.5, 0.6) is 0 Å². The number of rotatable bonds is 7. The smallest absolute Gasteiger partial charge is 0.337 e. The van der Waals surface area contributed by atoms with Gasteiger partial charge >= 0.3 is 5.97 Å². The van der Waals surface area contributed by atoms with Gasteiger partial charge in [-0.3, -0.25) is 9.36 Å². The van der Waals surface area contributed by atoms with Gasteiger partial charge in [-0.15, -0.1) is 0 Å². The van der Waals surface area contributed by atoms with Gasteiger partial charge in [0.1, 0.15) is 5.76 Å². The van der Waals surface area contributed by atoms with Crippen molar-refractivity contribution in [2.75, 3.05) is 18.6 Å². The Morgan fingerprint density at radius 3 is 2.61 bits per heavy atom. The number of hydrogen-bond acceptors (Lipinski definition) is 6. The summed E-state index contributed by atoms with van der Waals surface area (Å²) in [6.07, 6.45) is 1.62. The van der Waals surface area contributed by atoms with Crippen LogP contribution in [0.25, 0.3) is 10.9 Å². The fourth-order valence-corrected chi connectivity index (χ4v) is 3.52. The second-order valence-corrected chi connectivity index (χ2v) is 7.11. The summed E-state index contributed by atoms with van der Waals surface area (Å²) >= 11 is 0. The third-order valence-electron chi connectivity index (χ3n) is 5.13. The van der Waals surface area contributed by atoms with Crippen molar-refractivity contribution < 1.29 is 13.9 Å². The van der Waals surface area contributed by atoms with Crippen molar-refractivity contribution >= 4 is 22.8 Å². The van der Waals surface area contributed by atoms with Crippen LogP contribution in [-0.4, -0.2) is 29.2 Å². The first-order valence-electron chi connectivity index (χ1n) is 10.0. The number of fused-ring (bicyclic) bond motifs is 1. The zero-order valence-electron chi connectivity index (χ0n) is 17.4. The molecule has 31 heavy (non-hydrogen) atoms. The predicted molar refractivity (Wildman–Crippen MR) is 118 cm³/mol. The lowest BCUT2D eigenvalue weighted by atomic mass is 10.1. The quantitative estimate of drug-likeness (QED) is 0.425. The first kappa shape index (κ1) is 20.4. The van der Waals surface area contributed by atoms with Crippen LogP contribution in [0.3, 0.4) is 0 Å². The van der Waals surface area contributed by atoms with Crippen molar-refractivity contribution in [3.05, 3.63) is 94.2 Å². The molecule has 158 valence electrons. The molecule has 0 aliphatic heterocycles. The fourth-order valence-electron chi connectivity index (χ4n) is 3.52. The number of aromatic nitrogens is 2. The van der Waals surface area contributed by atoms with Gasteiger partial charge in [-0.25, -0.2) is 9.78 Å². The monoisotopic (exact) mass is 417 g/mol. The summed E-state index contributed by atoms with van der Waals surface area (Å²) in [6.45, 7) is 3.46. The summed E-state index contributed by atoms with van der Waals surface area (Å²) in [5.41, 5.74) is 1.62. The molecule has 0 radical (unpaired) electrons. The Morgan fingerprint density at radius 2 is 1.94 bits per heavy atom. The van der Waals surface area contributed by atoms with E-state index in [9.17, 15) is 9.59 Å². The molecule has 0 amide bonds. The van der Waals surface area contributed by atoms with Crippen molar-refractivity contribution in [3.8, 4) is 0 Å². The van der Waals surface area contributed by atoms with Crippen molar-refractivity contribution in [3.63, 3.8) is 0 Å². The van der Waals surface area contributed by atoms with Crippen LogP contribution < -0.4 is 10.5 Å². The number of anilines is 1. The van der Waals surface area contributed by atoms with E-state index in [2.05, 4.69) is 0 Å². The second-order valence-electron chi connectivity index (χ2n) is 7.11. The molecule has 0 bridgehead atoms. The van der Waals surface area contributed by atoms with Gasteiger partial charge in [0.25, 0.3) is 5.56 Å². The summed E-state index contributed by atoms with van der Waals surface area (Å²) in [5.74, 6) is 0.815. The zero-order valence-corrected chi connectivity index (χ0v) is 17.4. The highest BCUT2D eigenvalue weighted by atomic mass is 16.5. The Balaban J connectivity index is 1.89. The molecule has 2 aromatic carbocycles. The molecule has 0 spiro atoms. The van der Waals surface area contributed by atoms with E-state index in [1.165, 1.54) is 7.11 Å². The van der Waals surface area contributed by atoms with E-state index in [1.807, 2.05) is 54.3 Å². The highest BCUT2D eigenvalue weighted by Crippen LogP contribution is 2.20. The first-order chi connectivity index (χ1) is 15.1. The van der Waals surface area contributed by atoms with Gasteiger partial charge in [0.05, 0.1) is 42.9 Å². The lowest BCUT2D eigenvalue weighted by Gasteiger charge is -2.25. The maximum absolute atomic E-state index is 13.5. The molecule has 7 nitrogen and oxygen atoms in total. The number of carbonyl (C=O) groups excluding carboxylic acids is 1. The van der Waals surface area contributed by atoms with Gasteiger partial charge in [0.15, 0.2) is 0 Å². The van der Waals surface area contributed by atoms with Crippen molar-refractivity contribution in [1.82, 2.24) is 9.55 Å². The van der Waals surface area contributed by atoms with Crippen LogP contribution >= 0.6 is 0 Å². The molecule has 4 aromatic rings. The molecular weight excluding hydrogens is 394 g/mol. The minimum atomic E-state index is -0.471. The van der Waals surface area contributed by atoms with E-state index in [0.29, 0.717) is 42.0 Å². The van der Waals surface area contributed by atoms with Crippen LogP contribution in [-0.2, 0) is 17.8 Å². The fraction of sp³-hybridized carbons (Fsp3) is 0.208. The standard InChI is InChI=1S/C24H23N3O4/c1-3-26(16-19-10-7-13-31-19)24-25-21-14-18(23(29)30-2)11-12-20(21)22(28)27(24)15-17-8-5-4-6-9-17/h4-14H,3,15-16H2,1-2H3. The summed E-state index contributed by atoms with van der Waals surface area (Å²) in [4.78, 5) is 32.2. The molecule has 0 fully saturated rings. The van der Waals surface area contributed by atoms with E-state index in [0.717, 1.165) is 11.3 Å². The number of methoxy groups -OCH3 is 1. The van der Waals surface area contributed by atoms with Gasteiger partial charge < -0.3 is 14.1 Å². The van der Waals surface area contributed by atoms with Crippen LogP contribution in [0.15, 0.2) is 76.1 Å². The predicted octanol–water partition coefficient (Wildman–Crippen LogP) is 3.85. The molecule has 0 unspecified atom stereocenters. The number of hydrogen-bond donors (Lipinski definition) is 0. The van der Waals surface area contributed by atoms with Gasteiger partial charge in [-0.1, -0.05) is 30.3 Å². The zero-order chi connectivity index (χ0) is 21.8. The molecule has 0 saturated heterocycles. The molecule has 7 heteroatoms. The van der Waals surface area contributed by atoms with E-state index in [-0.39, 0.29) is 5.56 Å². The highest BCUT2D eigenvalue weighted by Gasteiger charge is 2.19. The lowest BCUT2D eigenvalue weighted by molar-refractivity contribution is 0.0601. The van der Waals surface area contributed by atoms with Crippen LogP contribution in [0, 0.1) is 0 Å². The van der Waals surface area contributed by atoms with Crippen LogP contribution in [0.2, 0.25) is 0 Å². The van der Waals surface area contributed by atoms with Crippen molar-refractivity contribution in [2.45, 2.75) is 20.0 Å². The number of benzene rings is 2. The molecule has 0 aliphatic rings. The highest BCUT2D eigenvalue weighted by molar-refractivity contribution is 5.94. The summed E-state index contributed by atoms with van der Waals surface area (Å²) < 4.78 is 12.0. The molecule has 2 aromatic heterocycles. The topological polar surface area (TPSA) is 77.6 Å². The van der Waals surface area contributed by atoms with Gasteiger partial charge in [0.2, 0.25) is 5.95 Å². The molecule has 0 atom stereocenters. The average molecular weight is 417 g/mol. The number of carbonyl (C=O) groups is 1. The minimum absolute atomic E-state index is 0.168. The Bertz CT molecular complexity index is 1250. The van der Waals surface area contributed by atoms with Gasteiger partial charge in [-0.2, -0.15) is 0 Å². The summed E-state index contributed by atoms with van der Waals surface area (Å²) in [5, 5.41) is 0.446. The molecule has 0 aliphatic carbocycles. The SMILES string of the molecule is CCN(Cc1ccco1)c1nc2cc(C(=O)OC)ccc2c(=O)n1Cc1ccccc1. The summed E-state index contributed by atoms with van der Waals surface area (Å²) in [6, 6.07) is 18.3. The van der Waals surface area contributed by atoms with Crippen molar-refractivity contribution in [2.24, 2.45) is 0 Å². The third kappa shape index (κ3) is 4.21.